The lowest BCUT2D eigenvalue weighted by atomic mass is 10.1. The van der Waals surface area contributed by atoms with Gasteiger partial charge in [0.25, 0.3) is 0 Å². The third kappa shape index (κ3) is 4.11. The van der Waals surface area contributed by atoms with E-state index in [1.165, 1.54) is 38.7 Å². The third-order valence-corrected chi connectivity index (χ3v) is 3.84. The van der Waals surface area contributed by atoms with E-state index in [9.17, 15) is 13.2 Å². The molecule has 1 N–H and O–H groups in total. The number of alkyl halides is 3. The molecular weight excluding hydrogens is 359 g/mol. The van der Waals surface area contributed by atoms with E-state index in [2.05, 4.69) is 15.3 Å². The largest absolute Gasteiger partial charge is 0.493 e. The van der Waals surface area contributed by atoms with Crippen molar-refractivity contribution in [3.8, 4) is 22.8 Å². The molecule has 8 heteroatoms. The van der Waals surface area contributed by atoms with Crippen molar-refractivity contribution in [3.05, 3.63) is 60.4 Å². The van der Waals surface area contributed by atoms with E-state index in [4.69, 9.17) is 9.47 Å². The summed E-state index contributed by atoms with van der Waals surface area (Å²) in [7, 11) is 3.05. The van der Waals surface area contributed by atoms with E-state index >= 15 is 0 Å². The van der Waals surface area contributed by atoms with Gasteiger partial charge >= 0.3 is 6.18 Å². The molecular formula is C19H16F3N3O2. The van der Waals surface area contributed by atoms with Gasteiger partial charge in [-0.3, -0.25) is 0 Å². The molecule has 0 aliphatic rings. The molecule has 2 aromatic carbocycles. The van der Waals surface area contributed by atoms with Gasteiger partial charge in [-0.15, -0.1) is 0 Å². The molecule has 0 bridgehead atoms. The molecule has 140 valence electrons. The van der Waals surface area contributed by atoms with Gasteiger partial charge in [-0.1, -0.05) is 12.1 Å². The minimum absolute atomic E-state index is 0.0815. The Kier molecular flexibility index (Phi) is 5.16. The lowest BCUT2D eigenvalue weighted by Gasteiger charge is -2.14. The monoisotopic (exact) mass is 375 g/mol. The average molecular weight is 375 g/mol. The standard InChI is InChI=1S/C19H16F3N3O2/c1-26-16-8-7-12(9-17(16)27-2)15-10-18(24-11-23-15)25-14-6-4-3-5-13(14)19(20,21)22/h3-11H,1-2H3,(H,23,24,25). The van der Waals surface area contributed by atoms with Crippen molar-refractivity contribution < 1.29 is 22.6 Å². The van der Waals surface area contributed by atoms with Gasteiger partial charge in [0.1, 0.15) is 12.1 Å². The first-order chi connectivity index (χ1) is 12.9. The number of ether oxygens (including phenoxy) is 2. The predicted molar refractivity (Wildman–Crippen MR) is 95.3 cm³/mol. The van der Waals surface area contributed by atoms with Crippen LogP contribution in [0.15, 0.2) is 54.9 Å². The van der Waals surface area contributed by atoms with Crippen LogP contribution < -0.4 is 14.8 Å². The summed E-state index contributed by atoms with van der Waals surface area (Å²) in [6, 6.07) is 12.0. The Hall–Kier alpha value is -3.29. The second-order valence-electron chi connectivity index (χ2n) is 5.53. The maximum atomic E-state index is 13.2. The highest BCUT2D eigenvalue weighted by molar-refractivity contribution is 5.69. The number of rotatable bonds is 5. The van der Waals surface area contributed by atoms with Gasteiger partial charge in [0.15, 0.2) is 11.5 Å². The number of nitrogens with one attached hydrogen (secondary N) is 1. The molecule has 0 aliphatic carbocycles. The number of hydrogen-bond acceptors (Lipinski definition) is 5. The number of anilines is 2. The van der Waals surface area contributed by atoms with Crippen LogP contribution in [0.2, 0.25) is 0 Å². The minimum atomic E-state index is -4.47. The summed E-state index contributed by atoms with van der Waals surface area (Å²) in [5, 5.41) is 2.71. The number of nitrogens with zero attached hydrogens (tertiary/aromatic N) is 2. The van der Waals surface area contributed by atoms with Crippen LogP contribution in [0.3, 0.4) is 0 Å². The van der Waals surface area contributed by atoms with Crippen LogP contribution in [0.1, 0.15) is 5.56 Å². The summed E-state index contributed by atoms with van der Waals surface area (Å²) in [5.41, 5.74) is 0.387. The van der Waals surface area contributed by atoms with E-state index < -0.39 is 11.7 Å². The summed E-state index contributed by atoms with van der Waals surface area (Å²) < 4.78 is 49.9. The van der Waals surface area contributed by atoms with Crippen molar-refractivity contribution in [2.75, 3.05) is 19.5 Å². The molecule has 5 nitrogen and oxygen atoms in total. The summed E-state index contributed by atoms with van der Waals surface area (Å²) in [4.78, 5) is 8.20. The number of methoxy groups -OCH3 is 2. The van der Waals surface area contributed by atoms with Gasteiger partial charge in [0.2, 0.25) is 0 Å². The van der Waals surface area contributed by atoms with Gasteiger partial charge < -0.3 is 14.8 Å². The van der Waals surface area contributed by atoms with Crippen LogP contribution in [-0.2, 0) is 6.18 Å². The second kappa shape index (κ2) is 7.53. The topological polar surface area (TPSA) is 56.3 Å². The SMILES string of the molecule is COc1ccc(-c2cc(Nc3ccccc3C(F)(F)F)ncn2)cc1OC. The molecule has 3 rings (SSSR count). The highest BCUT2D eigenvalue weighted by Gasteiger charge is 2.33. The molecule has 1 heterocycles. The summed E-state index contributed by atoms with van der Waals surface area (Å²) in [5.74, 6) is 1.32. The maximum absolute atomic E-state index is 13.2. The van der Waals surface area contributed by atoms with Crippen LogP contribution in [0, 0.1) is 0 Å². The molecule has 0 amide bonds. The Morgan fingerprint density at radius 3 is 2.33 bits per heavy atom. The Bertz CT molecular complexity index is 945. The van der Waals surface area contributed by atoms with E-state index in [0.717, 1.165) is 6.07 Å². The Labute approximate surface area is 153 Å². The second-order valence-corrected chi connectivity index (χ2v) is 5.53. The van der Waals surface area contributed by atoms with Gasteiger partial charge in [-0.2, -0.15) is 13.2 Å². The molecule has 0 aliphatic heterocycles. The van der Waals surface area contributed by atoms with Crippen molar-refractivity contribution in [1.29, 1.82) is 0 Å². The Balaban J connectivity index is 1.94. The summed E-state index contributed by atoms with van der Waals surface area (Å²) in [6.45, 7) is 0. The van der Waals surface area contributed by atoms with Gasteiger partial charge in [0, 0.05) is 11.6 Å². The number of benzene rings is 2. The molecule has 3 aromatic rings. The van der Waals surface area contributed by atoms with Gasteiger partial charge in [-0.05, 0) is 30.3 Å². The number of hydrogen-bond donors (Lipinski definition) is 1. The summed E-state index contributed by atoms with van der Waals surface area (Å²) >= 11 is 0. The zero-order valence-electron chi connectivity index (χ0n) is 14.5. The Morgan fingerprint density at radius 1 is 0.889 bits per heavy atom. The van der Waals surface area contributed by atoms with Crippen molar-refractivity contribution in [2.24, 2.45) is 0 Å². The molecule has 0 radical (unpaired) electrons. The predicted octanol–water partition coefficient (Wildman–Crippen LogP) is 4.92. The highest BCUT2D eigenvalue weighted by atomic mass is 19.4. The highest BCUT2D eigenvalue weighted by Crippen LogP contribution is 2.36. The van der Waals surface area contributed by atoms with Crippen molar-refractivity contribution in [3.63, 3.8) is 0 Å². The first-order valence-electron chi connectivity index (χ1n) is 7.90. The average Bonchev–Trinajstić information content (AvgIpc) is 2.67. The van der Waals surface area contributed by atoms with Gasteiger partial charge in [-0.25, -0.2) is 9.97 Å². The number of halogens is 3. The van der Waals surface area contributed by atoms with Gasteiger partial charge in [0.05, 0.1) is 31.2 Å². The molecule has 0 atom stereocenters. The lowest BCUT2D eigenvalue weighted by Crippen LogP contribution is -2.09. The number of para-hydroxylation sites is 1. The van der Waals surface area contributed by atoms with E-state index in [1.807, 2.05) is 0 Å². The van der Waals surface area contributed by atoms with E-state index in [-0.39, 0.29) is 11.5 Å². The van der Waals surface area contributed by atoms with Crippen LogP contribution in [0.4, 0.5) is 24.7 Å². The molecule has 0 fully saturated rings. The fraction of sp³-hybridized carbons (Fsp3) is 0.158. The van der Waals surface area contributed by atoms with E-state index in [1.54, 1.807) is 24.3 Å². The van der Waals surface area contributed by atoms with E-state index in [0.29, 0.717) is 22.8 Å². The fourth-order valence-electron chi connectivity index (χ4n) is 2.56. The molecule has 27 heavy (non-hydrogen) atoms. The van der Waals surface area contributed by atoms with Crippen LogP contribution >= 0.6 is 0 Å². The molecule has 1 aromatic heterocycles. The summed E-state index contributed by atoms with van der Waals surface area (Å²) in [6.07, 6.45) is -3.19. The molecule has 0 saturated heterocycles. The van der Waals surface area contributed by atoms with Crippen LogP contribution in [0.5, 0.6) is 11.5 Å². The first kappa shape index (κ1) is 18.5. The van der Waals surface area contributed by atoms with Crippen molar-refractivity contribution in [1.82, 2.24) is 9.97 Å². The smallest absolute Gasteiger partial charge is 0.418 e. The molecule has 0 unspecified atom stereocenters. The minimum Gasteiger partial charge on any atom is -0.493 e. The first-order valence-corrected chi connectivity index (χ1v) is 7.90. The maximum Gasteiger partial charge on any atom is 0.418 e. The lowest BCUT2D eigenvalue weighted by molar-refractivity contribution is -0.136. The van der Waals surface area contributed by atoms with Crippen LogP contribution in [0.25, 0.3) is 11.3 Å². The zero-order chi connectivity index (χ0) is 19.4. The van der Waals surface area contributed by atoms with Crippen molar-refractivity contribution in [2.45, 2.75) is 6.18 Å². The van der Waals surface area contributed by atoms with Crippen molar-refractivity contribution >= 4 is 11.5 Å². The Morgan fingerprint density at radius 2 is 1.63 bits per heavy atom. The number of aromatic nitrogens is 2. The normalized spacial score (nSPS) is 11.1. The third-order valence-electron chi connectivity index (χ3n) is 3.84. The zero-order valence-corrected chi connectivity index (χ0v) is 14.5. The quantitative estimate of drug-likeness (QED) is 0.686. The molecule has 0 saturated carbocycles. The molecule has 0 spiro atoms. The fourth-order valence-corrected chi connectivity index (χ4v) is 2.56. The van der Waals surface area contributed by atoms with Crippen LogP contribution in [-0.4, -0.2) is 24.2 Å².